The highest BCUT2D eigenvalue weighted by Crippen LogP contribution is 2.39. The molecule has 0 radical (unpaired) electrons. The molecule has 226 valence electrons. The molecule has 22 heteroatoms. The maximum atomic E-state index is 12.4. The first kappa shape index (κ1) is 33.2. The predicted octanol–water partition coefficient (Wildman–Crippen LogP) is 5.25. The van der Waals surface area contributed by atoms with E-state index in [1.165, 1.54) is 36.4 Å². The first-order valence-electron chi connectivity index (χ1n) is 10.8. The van der Waals surface area contributed by atoms with Crippen molar-refractivity contribution in [2.75, 3.05) is 18.1 Å². The Bertz CT molecular complexity index is 1650. The van der Waals surface area contributed by atoms with Gasteiger partial charge in [-0.25, -0.2) is 18.9 Å². The highest BCUT2D eigenvalue weighted by atomic mass is 32.2. The van der Waals surface area contributed by atoms with Crippen LogP contribution in [0.5, 0.6) is 5.75 Å². The average molecular weight is 666 g/mol. The van der Waals surface area contributed by atoms with Crippen molar-refractivity contribution in [2.24, 2.45) is 20.5 Å². The van der Waals surface area contributed by atoms with Crippen LogP contribution in [0.25, 0.3) is 0 Å². The number of anilines is 1. The van der Waals surface area contributed by atoms with Crippen LogP contribution in [-0.2, 0) is 42.9 Å². The summed E-state index contributed by atoms with van der Waals surface area (Å²) in [6.07, 6.45) is 0. The average Bonchev–Trinajstić information content (AvgIpc) is 2.94. The molecule has 0 aromatic heterocycles. The highest BCUT2D eigenvalue weighted by molar-refractivity contribution is 7.94. The SMILES string of the molecule is Nc1cc(O)c(N=Nc2cc(SOOO)ccc2S(=O)(=O)O)cc1N=Nc1ccc(S(=O)(=O)CCOSOOO)cc1. The lowest BCUT2D eigenvalue weighted by Gasteiger charge is -2.06. The summed E-state index contributed by atoms with van der Waals surface area (Å²) >= 11 is 0.747. The maximum absolute atomic E-state index is 12.4. The standard InChI is InChI=1S/C20H19N5O13S4/c21-15-10-19(26)17(24-25-18-9-13(39-37-35-27)3-6-20(18)42(31,32)33)11-16(15)23-22-12-1-4-14(5-2-12)41(29,30)8-7-34-40-38-36-28/h1-6,9-11,26-28H,7-8,21H2,(H,31,32,33). The van der Waals surface area contributed by atoms with Crippen LogP contribution in [-0.4, -0.2) is 49.4 Å². The second-order valence-corrected chi connectivity index (χ2v) is 12.3. The number of rotatable bonds is 15. The van der Waals surface area contributed by atoms with Gasteiger partial charge in [-0.05, 0) is 48.5 Å². The van der Waals surface area contributed by atoms with Gasteiger partial charge in [-0.15, -0.1) is 24.0 Å². The Balaban J connectivity index is 1.81. The molecular formula is C20H19N5O13S4. The van der Waals surface area contributed by atoms with Gasteiger partial charge in [-0.1, -0.05) is 10.1 Å². The fraction of sp³-hybridized carbons (Fsp3) is 0.100. The monoisotopic (exact) mass is 665 g/mol. The van der Waals surface area contributed by atoms with Crippen molar-refractivity contribution >= 4 is 72.8 Å². The lowest BCUT2D eigenvalue weighted by atomic mass is 10.2. The van der Waals surface area contributed by atoms with E-state index in [1.807, 2.05) is 0 Å². The minimum atomic E-state index is -4.72. The number of nitrogen functional groups attached to an aromatic ring is 1. The number of hydrogen-bond acceptors (Lipinski definition) is 19. The van der Waals surface area contributed by atoms with Crippen LogP contribution in [0, 0.1) is 0 Å². The van der Waals surface area contributed by atoms with Gasteiger partial charge in [0, 0.05) is 11.0 Å². The van der Waals surface area contributed by atoms with E-state index in [0.717, 1.165) is 18.2 Å². The van der Waals surface area contributed by atoms with E-state index in [9.17, 15) is 26.5 Å². The van der Waals surface area contributed by atoms with Crippen molar-refractivity contribution in [1.29, 1.82) is 0 Å². The molecule has 0 saturated heterocycles. The molecular weight excluding hydrogens is 647 g/mol. The third-order valence-corrected chi connectivity index (χ3v) is 8.32. The molecule has 3 rings (SSSR count). The summed E-state index contributed by atoms with van der Waals surface area (Å²) in [5.41, 5.74) is 5.59. The van der Waals surface area contributed by atoms with Crippen molar-refractivity contribution in [3.05, 3.63) is 54.6 Å². The van der Waals surface area contributed by atoms with E-state index < -0.39 is 36.4 Å². The largest absolute Gasteiger partial charge is 0.506 e. The Kier molecular flexibility index (Phi) is 12.1. The topological polar surface area (TPSA) is 271 Å². The van der Waals surface area contributed by atoms with Gasteiger partial charge in [0.05, 0.1) is 40.7 Å². The summed E-state index contributed by atoms with van der Waals surface area (Å²) in [5, 5.41) is 48.9. The Morgan fingerprint density at radius 3 is 2.14 bits per heavy atom. The van der Waals surface area contributed by atoms with Crippen LogP contribution in [0.2, 0.25) is 0 Å². The third kappa shape index (κ3) is 9.65. The molecule has 0 spiro atoms. The number of benzene rings is 3. The Morgan fingerprint density at radius 1 is 0.810 bits per heavy atom. The van der Waals surface area contributed by atoms with Gasteiger partial charge in [0.1, 0.15) is 27.7 Å². The number of azo groups is 2. The fourth-order valence-electron chi connectivity index (χ4n) is 2.92. The lowest BCUT2D eigenvalue weighted by molar-refractivity contribution is -0.434. The third-order valence-electron chi connectivity index (χ3n) is 4.77. The molecule has 6 N–H and O–H groups in total. The summed E-state index contributed by atoms with van der Waals surface area (Å²) in [7, 11) is -8.44. The van der Waals surface area contributed by atoms with Crippen molar-refractivity contribution in [3.63, 3.8) is 0 Å². The van der Waals surface area contributed by atoms with Crippen molar-refractivity contribution in [2.45, 2.75) is 14.7 Å². The molecule has 42 heavy (non-hydrogen) atoms. The number of hydrogen-bond donors (Lipinski definition) is 5. The molecule has 0 fully saturated rings. The highest BCUT2D eigenvalue weighted by Gasteiger charge is 2.18. The Morgan fingerprint density at radius 2 is 1.48 bits per heavy atom. The van der Waals surface area contributed by atoms with Gasteiger partial charge in [-0.3, -0.25) is 8.74 Å². The zero-order valence-electron chi connectivity index (χ0n) is 20.6. The Labute approximate surface area is 245 Å². The summed E-state index contributed by atoms with van der Waals surface area (Å²) in [4.78, 5) is -0.434. The molecule has 0 unspecified atom stereocenters. The molecule has 0 aliphatic carbocycles. The number of nitrogens with two attached hydrogens (primary N) is 1. The molecule has 3 aromatic rings. The number of sulfone groups is 1. The first-order valence-corrected chi connectivity index (χ1v) is 15.3. The van der Waals surface area contributed by atoms with E-state index in [0.29, 0.717) is 12.0 Å². The molecule has 0 heterocycles. The van der Waals surface area contributed by atoms with Crippen molar-refractivity contribution in [1.82, 2.24) is 0 Å². The van der Waals surface area contributed by atoms with Gasteiger partial charge >= 0.3 is 0 Å². The second kappa shape index (κ2) is 15.3. The predicted molar refractivity (Wildman–Crippen MR) is 145 cm³/mol. The molecule has 0 aliphatic heterocycles. The number of aromatic hydroxyl groups is 1. The molecule has 0 aliphatic rings. The second-order valence-electron chi connectivity index (χ2n) is 7.48. The minimum absolute atomic E-state index is 0.0129. The van der Waals surface area contributed by atoms with E-state index in [2.05, 4.69) is 39.2 Å². The van der Waals surface area contributed by atoms with Gasteiger partial charge < -0.3 is 10.8 Å². The number of nitrogens with zero attached hydrogens (tertiary/aromatic N) is 4. The lowest BCUT2D eigenvalue weighted by Crippen LogP contribution is -2.10. The molecule has 0 saturated carbocycles. The van der Waals surface area contributed by atoms with Crippen LogP contribution in [0.1, 0.15) is 0 Å². The molecule has 0 amide bonds. The maximum Gasteiger partial charge on any atom is 0.296 e. The van der Waals surface area contributed by atoms with Crippen LogP contribution in [0.4, 0.5) is 28.4 Å². The van der Waals surface area contributed by atoms with E-state index in [4.69, 9.17) is 20.4 Å². The normalized spacial score (nSPS) is 12.5. The first-order chi connectivity index (χ1) is 19.9. The van der Waals surface area contributed by atoms with Crippen molar-refractivity contribution < 1.29 is 59.9 Å². The summed E-state index contributed by atoms with van der Waals surface area (Å²) in [6, 6.07) is 11.0. The zero-order chi connectivity index (χ0) is 30.8. The zero-order valence-corrected chi connectivity index (χ0v) is 23.8. The Hall–Kier alpha value is -3.26. The smallest absolute Gasteiger partial charge is 0.296 e. The minimum Gasteiger partial charge on any atom is -0.506 e. The molecule has 0 bridgehead atoms. The van der Waals surface area contributed by atoms with Gasteiger partial charge in [0.2, 0.25) is 0 Å². The molecule has 18 nitrogen and oxygen atoms in total. The summed E-state index contributed by atoms with van der Waals surface area (Å²) in [5.74, 6) is -0.838. The molecule has 0 atom stereocenters. The summed E-state index contributed by atoms with van der Waals surface area (Å²) < 4.78 is 70.7. The number of phenols is 1. The summed E-state index contributed by atoms with van der Waals surface area (Å²) in [6.45, 7) is -0.258. The van der Waals surface area contributed by atoms with Crippen LogP contribution in [0.15, 0.2) is 89.7 Å². The van der Waals surface area contributed by atoms with Crippen LogP contribution >= 0.6 is 24.4 Å². The van der Waals surface area contributed by atoms with Gasteiger partial charge in [0.25, 0.3) is 10.1 Å². The van der Waals surface area contributed by atoms with Crippen LogP contribution < -0.4 is 5.73 Å². The fourth-order valence-corrected chi connectivity index (χ4v) is 5.32. The van der Waals surface area contributed by atoms with E-state index in [-0.39, 0.29) is 57.2 Å². The van der Waals surface area contributed by atoms with Crippen LogP contribution in [0.3, 0.4) is 0 Å². The van der Waals surface area contributed by atoms with E-state index in [1.54, 1.807) is 0 Å². The molecule has 3 aromatic carbocycles. The quantitative estimate of drug-likeness (QED) is 0.0263. The van der Waals surface area contributed by atoms with Crippen molar-refractivity contribution in [3.8, 4) is 5.75 Å². The number of phenolic OH excluding ortho intramolecular Hbond substituents is 1. The van der Waals surface area contributed by atoms with E-state index >= 15 is 0 Å². The van der Waals surface area contributed by atoms with Gasteiger partial charge in [-0.2, -0.15) is 13.5 Å². The van der Waals surface area contributed by atoms with Gasteiger partial charge in [0.15, 0.2) is 22.2 Å².